The van der Waals surface area contributed by atoms with E-state index in [-0.39, 0.29) is 12.4 Å². The standard InChI is InChI=1S/C16H12F3NO2/c17-16(18,19)22-15-7-3-13(4-8-15)11-21-14-5-1-12(2-6-14)9-10-20/h1-8H,9,11H2. The van der Waals surface area contributed by atoms with Gasteiger partial charge in [0.15, 0.2) is 0 Å². The van der Waals surface area contributed by atoms with Crippen LogP contribution in [0.1, 0.15) is 11.1 Å². The van der Waals surface area contributed by atoms with Crippen LogP contribution in [0.25, 0.3) is 0 Å². The third-order valence-electron chi connectivity index (χ3n) is 2.77. The zero-order valence-electron chi connectivity index (χ0n) is 11.4. The Morgan fingerprint density at radius 3 is 1.95 bits per heavy atom. The monoisotopic (exact) mass is 307 g/mol. The average Bonchev–Trinajstić information content (AvgIpc) is 2.47. The molecule has 0 heterocycles. The number of ether oxygens (including phenoxy) is 2. The van der Waals surface area contributed by atoms with E-state index in [0.717, 1.165) is 11.1 Å². The van der Waals surface area contributed by atoms with Gasteiger partial charge < -0.3 is 9.47 Å². The minimum absolute atomic E-state index is 0.226. The molecule has 0 atom stereocenters. The SMILES string of the molecule is N#CCc1ccc(OCc2ccc(OC(F)(F)F)cc2)cc1. The maximum absolute atomic E-state index is 12.0. The van der Waals surface area contributed by atoms with Crippen LogP contribution in [-0.2, 0) is 13.0 Å². The van der Waals surface area contributed by atoms with Gasteiger partial charge in [0.2, 0.25) is 0 Å². The molecule has 0 amide bonds. The summed E-state index contributed by atoms with van der Waals surface area (Å²) in [4.78, 5) is 0. The van der Waals surface area contributed by atoms with E-state index < -0.39 is 6.36 Å². The summed E-state index contributed by atoms with van der Waals surface area (Å²) in [5, 5.41) is 8.57. The molecule has 114 valence electrons. The highest BCUT2D eigenvalue weighted by molar-refractivity contribution is 5.30. The van der Waals surface area contributed by atoms with E-state index in [0.29, 0.717) is 12.2 Å². The van der Waals surface area contributed by atoms with Crippen molar-refractivity contribution in [1.82, 2.24) is 0 Å². The first-order valence-corrected chi connectivity index (χ1v) is 6.39. The molecule has 0 saturated heterocycles. The van der Waals surface area contributed by atoms with Gasteiger partial charge in [0.05, 0.1) is 12.5 Å². The van der Waals surface area contributed by atoms with E-state index in [1.807, 2.05) is 6.07 Å². The fraction of sp³-hybridized carbons (Fsp3) is 0.188. The van der Waals surface area contributed by atoms with Crippen molar-refractivity contribution in [3.05, 3.63) is 59.7 Å². The number of alkyl halides is 3. The zero-order chi connectivity index (χ0) is 16.0. The number of nitrogens with zero attached hydrogens (tertiary/aromatic N) is 1. The number of hydrogen-bond acceptors (Lipinski definition) is 3. The van der Waals surface area contributed by atoms with E-state index in [9.17, 15) is 13.2 Å². The van der Waals surface area contributed by atoms with Gasteiger partial charge in [-0.05, 0) is 35.4 Å². The van der Waals surface area contributed by atoms with Crippen LogP contribution in [0.15, 0.2) is 48.5 Å². The highest BCUT2D eigenvalue weighted by atomic mass is 19.4. The maximum Gasteiger partial charge on any atom is 0.573 e. The molecule has 2 rings (SSSR count). The molecule has 2 aromatic rings. The lowest BCUT2D eigenvalue weighted by molar-refractivity contribution is -0.274. The summed E-state index contributed by atoms with van der Waals surface area (Å²) in [6, 6.07) is 14.6. The molecule has 0 saturated carbocycles. The first kappa shape index (κ1) is 15.7. The average molecular weight is 307 g/mol. The number of rotatable bonds is 5. The summed E-state index contributed by atoms with van der Waals surface area (Å²) in [5.41, 5.74) is 1.61. The molecule has 0 aliphatic rings. The molecule has 0 aliphatic carbocycles. The summed E-state index contributed by atoms with van der Waals surface area (Å²) in [6.45, 7) is 0.226. The predicted octanol–water partition coefficient (Wildman–Crippen LogP) is 4.23. The second-order valence-corrected chi connectivity index (χ2v) is 4.46. The van der Waals surface area contributed by atoms with Crippen LogP contribution >= 0.6 is 0 Å². The van der Waals surface area contributed by atoms with Crippen molar-refractivity contribution >= 4 is 0 Å². The molecule has 22 heavy (non-hydrogen) atoms. The molecular weight excluding hydrogens is 295 g/mol. The quantitative estimate of drug-likeness (QED) is 0.830. The van der Waals surface area contributed by atoms with Crippen LogP contribution in [-0.4, -0.2) is 6.36 Å². The topological polar surface area (TPSA) is 42.2 Å². The van der Waals surface area contributed by atoms with E-state index >= 15 is 0 Å². The van der Waals surface area contributed by atoms with Crippen molar-refractivity contribution in [1.29, 1.82) is 5.26 Å². The lowest BCUT2D eigenvalue weighted by Gasteiger charge is -2.10. The van der Waals surface area contributed by atoms with Crippen molar-refractivity contribution in [2.45, 2.75) is 19.4 Å². The van der Waals surface area contributed by atoms with Gasteiger partial charge in [-0.25, -0.2) is 0 Å². The van der Waals surface area contributed by atoms with Gasteiger partial charge in [0, 0.05) is 0 Å². The maximum atomic E-state index is 12.0. The summed E-state index contributed by atoms with van der Waals surface area (Å²) >= 11 is 0. The molecule has 0 N–H and O–H groups in total. The molecule has 0 aliphatic heterocycles. The Morgan fingerprint density at radius 2 is 1.41 bits per heavy atom. The highest BCUT2D eigenvalue weighted by Gasteiger charge is 2.30. The van der Waals surface area contributed by atoms with Crippen LogP contribution in [0, 0.1) is 11.3 Å². The molecule has 0 aromatic heterocycles. The lowest BCUT2D eigenvalue weighted by atomic mass is 10.2. The zero-order valence-corrected chi connectivity index (χ0v) is 11.4. The van der Waals surface area contributed by atoms with Crippen molar-refractivity contribution in [2.24, 2.45) is 0 Å². The normalized spacial score (nSPS) is 10.8. The molecule has 0 radical (unpaired) electrons. The summed E-state index contributed by atoms with van der Waals surface area (Å²) in [6.07, 6.45) is -4.36. The fourth-order valence-electron chi connectivity index (χ4n) is 1.75. The lowest BCUT2D eigenvalue weighted by Crippen LogP contribution is -2.17. The smallest absolute Gasteiger partial charge is 0.489 e. The summed E-state index contributed by atoms with van der Waals surface area (Å²) in [7, 11) is 0. The van der Waals surface area contributed by atoms with Gasteiger partial charge in [0.1, 0.15) is 18.1 Å². The van der Waals surface area contributed by atoms with Gasteiger partial charge in [-0.1, -0.05) is 24.3 Å². The Morgan fingerprint density at radius 1 is 0.864 bits per heavy atom. The molecule has 0 bridgehead atoms. The van der Waals surface area contributed by atoms with Crippen molar-refractivity contribution in [2.75, 3.05) is 0 Å². The van der Waals surface area contributed by atoms with Crippen LogP contribution in [0.5, 0.6) is 11.5 Å². The van der Waals surface area contributed by atoms with Gasteiger partial charge in [-0.3, -0.25) is 0 Å². The Kier molecular flexibility index (Phi) is 4.89. The third-order valence-corrected chi connectivity index (χ3v) is 2.77. The first-order valence-electron chi connectivity index (χ1n) is 6.39. The number of nitriles is 1. The molecule has 0 unspecified atom stereocenters. The van der Waals surface area contributed by atoms with E-state index in [2.05, 4.69) is 4.74 Å². The Labute approximate surface area is 125 Å². The van der Waals surface area contributed by atoms with Crippen molar-refractivity contribution in [3.63, 3.8) is 0 Å². The van der Waals surface area contributed by atoms with Crippen molar-refractivity contribution in [3.8, 4) is 17.6 Å². The second-order valence-electron chi connectivity index (χ2n) is 4.46. The van der Waals surface area contributed by atoms with Gasteiger partial charge in [0.25, 0.3) is 0 Å². The van der Waals surface area contributed by atoms with Crippen molar-refractivity contribution < 1.29 is 22.6 Å². The van der Waals surface area contributed by atoms with E-state index in [1.54, 1.807) is 24.3 Å². The first-order chi connectivity index (χ1) is 10.5. The fourth-order valence-corrected chi connectivity index (χ4v) is 1.75. The second kappa shape index (κ2) is 6.85. The number of halogens is 3. The molecule has 0 spiro atoms. The molecule has 2 aromatic carbocycles. The predicted molar refractivity (Wildman–Crippen MR) is 73.2 cm³/mol. The summed E-state index contributed by atoms with van der Waals surface area (Å²) < 4.78 is 45.4. The minimum Gasteiger partial charge on any atom is -0.489 e. The Balaban J connectivity index is 1.90. The van der Waals surface area contributed by atoms with Gasteiger partial charge in [-0.2, -0.15) is 5.26 Å². The molecule has 6 heteroatoms. The van der Waals surface area contributed by atoms with Crippen LogP contribution in [0.2, 0.25) is 0 Å². The van der Waals surface area contributed by atoms with Crippen LogP contribution in [0.4, 0.5) is 13.2 Å². The molecular formula is C16H12F3NO2. The van der Waals surface area contributed by atoms with Gasteiger partial charge >= 0.3 is 6.36 Å². The number of hydrogen-bond donors (Lipinski definition) is 0. The minimum atomic E-state index is -4.69. The van der Waals surface area contributed by atoms with Crippen LogP contribution in [0.3, 0.4) is 0 Å². The Hall–Kier alpha value is -2.68. The summed E-state index contributed by atoms with van der Waals surface area (Å²) in [5.74, 6) is 0.356. The highest BCUT2D eigenvalue weighted by Crippen LogP contribution is 2.23. The van der Waals surface area contributed by atoms with E-state index in [1.165, 1.54) is 24.3 Å². The van der Waals surface area contributed by atoms with E-state index in [4.69, 9.17) is 10.00 Å². The van der Waals surface area contributed by atoms with Gasteiger partial charge in [-0.15, -0.1) is 13.2 Å². The van der Waals surface area contributed by atoms with Crippen LogP contribution < -0.4 is 9.47 Å². The largest absolute Gasteiger partial charge is 0.573 e. The molecule has 0 fully saturated rings. The number of benzene rings is 2. The molecule has 3 nitrogen and oxygen atoms in total. The Bertz CT molecular complexity index is 643. The third kappa shape index (κ3) is 5.02.